The Kier molecular flexibility index (Phi) is 4.71. The van der Waals surface area contributed by atoms with Gasteiger partial charge in [0, 0.05) is 0 Å². The summed E-state index contributed by atoms with van der Waals surface area (Å²) in [5, 5.41) is 11.7. The van der Waals surface area contributed by atoms with Gasteiger partial charge in [0.2, 0.25) is 0 Å². The molecule has 0 unspecified atom stereocenters. The van der Waals surface area contributed by atoms with E-state index in [0.717, 1.165) is 32.1 Å². The fraction of sp³-hybridized carbons (Fsp3) is 1.00. The first-order valence-electron chi connectivity index (χ1n) is 4.39. The van der Waals surface area contributed by atoms with E-state index in [1.54, 1.807) is 0 Å². The van der Waals surface area contributed by atoms with Crippen LogP contribution in [0.3, 0.4) is 0 Å². The molecule has 0 aromatic heterocycles. The zero-order valence-corrected chi connectivity index (χ0v) is 7.44. The first-order valence-corrected chi connectivity index (χ1v) is 4.39. The Labute approximate surface area is 64.5 Å². The van der Waals surface area contributed by atoms with Crippen LogP contribution < -0.4 is 0 Å². The molecular formula is C9H19O. The molecule has 0 bridgehead atoms. The molecule has 0 spiro atoms. The van der Waals surface area contributed by atoms with Gasteiger partial charge < -0.3 is 0 Å². The Balaban J connectivity index is 3.69. The second-order valence-electron chi connectivity index (χ2n) is 3.04. The molecule has 0 heterocycles. The molecule has 0 aliphatic carbocycles. The highest BCUT2D eigenvalue weighted by Crippen LogP contribution is 2.23. The van der Waals surface area contributed by atoms with Gasteiger partial charge in [0.1, 0.15) is 5.60 Å². The number of hydrogen-bond acceptors (Lipinski definition) is 0. The van der Waals surface area contributed by atoms with Crippen molar-refractivity contribution >= 4 is 0 Å². The van der Waals surface area contributed by atoms with Crippen LogP contribution in [0, 0.1) is 0 Å². The maximum Gasteiger partial charge on any atom is 0.103 e. The van der Waals surface area contributed by atoms with Gasteiger partial charge in [-0.1, -0.05) is 33.6 Å². The van der Waals surface area contributed by atoms with Gasteiger partial charge in [-0.3, -0.25) is 0 Å². The minimum absolute atomic E-state index is 0.608. The summed E-state index contributed by atoms with van der Waals surface area (Å²) in [6.07, 6.45) is 4.53. The highest BCUT2D eigenvalue weighted by atomic mass is 16.3. The second-order valence-corrected chi connectivity index (χ2v) is 3.04. The Morgan fingerprint density at radius 2 is 1.40 bits per heavy atom. The maximum atomic E-state index is 11.7. The molecule has 1 heteroatoms. The van der Waals surface area contributed by atoms with E-state index >= 15 is 0 Å². The lowest BCUT2D eigenvalue weighted by Crippen LogP contribution is -2.24. The van der Waals surface area contributed by atoms with Crippen molar-refractivity contribution in [2.24, 2.45) is 0 Å². The van der Waals surface area contributed by atoms with Crippen LogP contribution in [0.1, 0.15) is 52.9 Å². The normalized spacial score (nSPS) is 12.0. The van der Waals surface area contributed by atoms with Crippen molar-refractivity contribution in [1.82, 2.24) is 0 Å². The Morgan fingerprint density at radius 1 is 1.00 bits per heavy atom. The zero-order chi connectivity index (χ0) is 8.04. The molecule has 0 atom stereocenters. The molecule has 0 N–H and O–H groups in total. The average Bonchev–Trinajstić information content (AvgIpc) is 1.89. The molecule has 0 saturated heterocycles. The first-order chi connectivity index (χ1) is 4.68. The second kappa shape index (κ2) is 4.73. The molecule has 0 amide bonds. The summed E-state index contributed by atoms with van der Waals surface area (Å²) in [4.78, 5) is 0. The Hall–Kier alpha value is -0.0400. The molecule has 0 saturated carbocycles. The van der Waals surface area contributed by atoms with Gasteiger partial charge in [0.05, 0.1) is 0 Å². The summed E-state index contributed by atoms with van der Waals surface area (Å²) < 4.78 is 0. The Bertz CT molecular complexity index is 72.8. The van der Waals surface area contributed by atoms with Gasteiger partial charge in [-0.2, -0.15) is 0 Å². The van der Waals surface area contributed by atoms with E-state index < -0.39 is 5.60 Å². The highest BCUT2D eigenvalue weighted by Gasteiger charge is 2.23. The number of rotatable bonds is 5. The molecule has 61 valence electrons. The van der Waals surface area contributed by atoms with Crippen LogP contribution in [0.5, 0.6) is 0 Å². The highest BCUT2D eigenvalue weighted by molar-refractivity contribution is 4.74. The van der Waals surface area contributed by atoms with E-state index in [-0.39, 0.29) is 0 Å². The summed E-state index contributed by atoms with van der Waals surface area (Å²) in [6.45, 7) is 6.16. The van der Waals surface area contributed by atoms with Crippen molar-refractivity contribution in [2.45, 2.75) is 58.5 Å². The summed E-state index contributed by atoms with van der Waals surface area (Å²) in [5.41, 5.74) is -0.608. The van der Waals surface area contributed by atoms with E-state index in [4.69, 9.17) is 0 Å². The third-order valence-electron chi connectivity index (χ3n) is 2.06. The van der Waals surface area contributed by atoms with Crippen LogP contribution in [0.2, 0.25) is 0 Å². The SMILES string of the molecule is CCCC([O])(CC)CCC. The Morgan fingerprint density at radius 3 is 1.60 bits per heavy atom. The molecular weight excluding hydrogens is 124 g/mol. The lowest BCUT2D eigenvalue weighted by atomic mass is 9.90. The summed E-state index contributed by atoms with van der Waals surface area (Å²) >= 11 is 0. The summed E-state index contributed by atoms with van der Waals surface area (Å²) in [7, 11) is 0. The quantitative estimate of drug-likeness (QED) is 0.563. The van der Waals surface area contributed by atoms with Crippen molar-refractivity contribution in [3.05, 3.63) is 0 Å². The topological polar surface area (TPSA) is 19.9 Å². The first kappa shape index (κ1) is 9.96. The molecule has 0 aromatic carbocycles. The van der Waals surface area contributed by atoms with Crippen LogP contribution >= 0.6 is 0 Å². The molecule has 0 rings (SSSR count). The average molecular weight is 143 g/mol. The summed E-state index contributed by atoms with van der Waals surface area (Å²) in [6, 6.07) is 0. The van der Waals surface area contributed by atoms with Crippen molar-refractivity contribution < 1.29 is 5.11 Å². The van der Waals surface area contributed by atoms with Gasteiger partial charge in [-0.05, 0) is 19.3 Å². The molecule has 10 heavy (non-hydrogen) atoms. The van der Waals surface area contributed by atoms with Crippen molar-refractivity contribution in [2.75, 3.05) is 0 Å². The standard InChI is InChI=1S/C9H19O/c1-4-7-9(10,6-3)8-5-2/h4-8H2,1-3H3. The fourth-order valence-electron chi connectivity index (χ4n) is 1.39. The largest absolute Gasteiger partial charge is 0.230 e. The van der Waals surface area contributed by atoms with Crippen molar-refractivity contribution in [1.29, 1.82) is 0 Å². The third kappa shape index (κ3) is 3.21. The summed E-state index contributed by atoms with van der Waals surface area (Å²) in [5.74, 6) is 0. The van der Waals surface area contributed by atoms with Gasteiger partial charge >= 0.3 is 0 Å². The molecule has 0 aliphatic rings. The molecule has 1 radical (unpaired) electrons. The van der Waals surface area contributed by atoms with Crippen LogP contribution in [-0.4, -0.2) is 5.60 Å². The predicted octanol–water partition coefficient (Wildman–Crippen LogP) is 3.17. The molecule has 0 aromatic rings. The minimum atomic E-state index is -0.608. The lowest BCUT2D eigenvalue weighted by molar-refractivity contribution is -0.0478. The maximum absolute atomic E-state index is 11.7. The van der Waals surface area contributed by atoms with E-state index in [0.29, 0.717) is 0 Å². The minimum Gasteiger partial charge on any atom is -0.230 e. The molecule has 0 aliphatic heterocycles. The van der Waals surface area contributed by atoms with Gasteiger partial charge in [0.25, 0.3) is 0 Å². The van der Waals surface area contributed by atoms with E-state index in [9.17, 15) is 5.11 Å². The van der Waals surface area contributed by atoms with Gasteiger partial charge in [-0.15, -0.1) is 0 Å². The van der Waals surface area contributed by atoms with Crippen molar-refractivity contribution in [3.8, 4) is 0 Å². The third-order valence-corrected chi connectivity index (χ3v) is 2.06. The lowest BCUT2D eigenvalue weighted by Gasteiger charge is -2.22. The van der Waals surface area contributed by atoms with Crippen LogP contribution in [0.15, 0.2) is 0 Å². The fourth-order valence-corrected chi connectivity index (χ4v) is 1.39. The van der Waals surface area contributed by atoms with Gasteiger partial charge in [0.15, 0.2) is 0 Å². The van der Waals surface area contributed by atoms with Crippen LogP contribution in [0.4, 0.5) is 0 Å². The van der Waals surface area contributed by atoms with E-state index in [2.05, 4.69) is 13.8 Å². The van der Waals surface area contributed by atoms with Crippen LogP contribution in [-0.2, 0) is 5.11 Å². The smallest absolute Gasteiger partial charge is 0.103 e. The number of hydrogen-bond donors (Lipinski definition) is 0. The molecule has 0 fully saturated rings. The monoisotopic (exact) mass is 143 g/mol. The van der Waals surface area contributed by atoms with E-state index in [1.807, 2.05) is 6.92 Å². The predicted molar refractivity (Wildman–Crippen MR) is 43.5 cm³/mol. The van der Waals surface area contributed by atoms with Crippen LogP contribution in [0.25, 0.3) is 0 Å². The zero-order valence-electron chi connectivity index (χ0n) is 7.44. The molecule has 1 nitrogen and oxygen atoms in total. The van der Waals surface area contributed by atoms with Crippen molar-refractivity contribution in [3.63, 3.8) is 0 Å². The van der Waals surface area contributed by atoms with E-state index in [1.165, 1.54) is 0 Å². The van der Waals surface area contributed by atoms with Gasteiger partial charge in [-0.25, -0.2) is 5.11 Å².